The lowest BCUT2D eigenvalue weighted by atomic mass is 10.1. The van der Waals surface area contributed by atoms with E-state index in [1.165, 1.54) is 24.5 Å². The van der Waals surface area contributed by atoms with Crippen molar-refractivity contribution in [3.8, 4) is 5.82 Å². The molecule has 0 aliphatic carbocycles. The van der Waals surface area contributed by atoms with Gasteiger partial charge in [-0.15, -0.1) is 0 Å². The quantitative estimate of drug-likeness (QED) is 0.695. The van der Waals surface area contributed by atoms with Crippen molar-refractivity contribution < 1.29 is 9.18 Å². The Bertz CT molecular complexity index is 934. The van der Waals surface area contributed by atoms with Crippen LogP contribution in [0.1, 0.15) is 10.4 Å². The smallest absolute Gasteiger partial charge is 0.258 e. The highest BCUT2D eigenvalue weighted by Crippen LogP contribution is 2.22. The molecule has 2 aromatic heterocycles. The molecule has 1 saturated heterocycles. The van der Waals surface area contributed by atoms with Crippen LogP contribution >= 0.6 is 11.6 Å². The van der Waals surface area contributed by atoms with Gasteiger partial charge in [-0.05, 0) is 24.3 Å². The van der Waals surface area contributed by atoms with Gasteiger partial charge >= 0.3 is 0 Å². The first-order valence-corrected chi connectivity index (χ1v) is 8.95. The predicted octanol–water partition coefficient (Wildman–Crippen LogP) is 3.02. The molecular weight excluding hydrogens is 369 g/mol. The van der Waals surface area contributed by atoms with Gasteiger partial charge in [-0.2, -0.15) is 0 Å². The zero-order valence-corrected chi connectivity index (χ0v) is 15.2. The van der Waals surface area contributed by atoms with Gasteiger partial charge in [0, 0.05) is 44.6 Å². The van der Waals surface area contributed by atoms with E-state index in [1.54, 1.807) is 4.90 Å². The first kappa shape index (κ1) is 17.5. The van der Waals surface area contributed by atoms with E-state index >= 15 is 0 Å². The summed E-state index contributed by atoms with van der Waals surface area (Å²) >= 11 is 6.02. The van der Waals surface area contributed by atoms with Crippen LogP contribution < -0.4 is 4.90 Å². The number of rotatable bonds is 3. The maximum Gasteiger partial charge on any atom is 0.258 e. The SMILES string of the molecule is O=C(c1c(F)cccc1Cl)N1CCN(c2cc(-n3cccc3)ncn2)CC1. The van der Waals surface area contributed by atoms with Crippen LogP contribution in [0, 0.1) is 5.82 Å². The zero-order valence-electron chi connectivity index (χ0n) is 14.4. The first-order chi connectivity index (χ1) is 13.1. The number of benzene rings is 1. The third-order valence-corrected chi connectivity index (χ3v) is 4.89. The van der Waals surface area contributed by atoms with E-state index in [2.05, 4.69) is 14.9 Å². The van der Waals surface area contributed by atoms with Gasteiger partial charge in [-0.25, -0.2) is 14.4 Å². The monoisotopic (exact) mass is 385 g/mol. The molecule has 1 fully saturated rings. The van der Waals surface area contributed by atoms with Crippen molar-refractivity contribution in [2.75, 3.05) is 31.1 Å². The van der Waals surface area contributed by atoms with Gasteiger partial charge < -0.3 is 14.4 Å². The average Bonchev–Trinajstić information content (AvgIpc) is 3.23. The summed E-state index contributed by atoms with van der Waals surface area (Å²) in [5.74, 6) is 0.599. The molecule has 3 aromatic rings. The van der Waals surface area contributed by atoms with Crippen molar-refractivity contribution in [2.45, 2.75) is 0 Å². The van der Waals surface area contributed by atoms with E-state index in [9.17, 15) is 9.18 Å². The molecule has 0 N–H and O–H groups in total. The van der Waals surface area contributed by atoms with Gasteiger partial charge in [-0.3, -0.25) is 4.79 Å². The summed E-state index contributed by atoms with van der Waals surface area (Å²) in [6.07, 6.45) is 5.36. The number of carbonyl (C=O) groups excluding carboxylic acids is 1. The molecule has 0 atom stereocenters. The molecule has 1 aliphatic rings. The molecule has 0 bridgehead atoms. The molecule has 0 saturated carbocycles. The van der Waals surface area contributed by atoms with Crippen LogP contribution in [0.15, 0.2) is 55.1 Å². The Kier molecular flexibility index (Phi) is 4.77. The molecule has 1 aromatic carbocycles. The number of nitrogens with zero attached hydrogens (tertiary/aromatic N) is 5. The van der Waals surface area contributed by atoms with E-state index in [-0.39, 0.29) is 16.5 Å². The lowest BCUT2D eigenvalue weighted by Gasteiger charge is -2.35. The van der Waals surface area contributed by atoms with Crippen molar-refractivity contribution in [3.63, 3.8) is 0 Å². The second kappa shape index (κ2) is 7.36. The molecule has 4 rings (SSSR count). The average molecular weight is 386 g/mol. The van der Waals surface area contributed by atoms with Gasteiger partial charge in [0.25, 0.3) is 5.91 Å². The third-order valence-electron chi connectivity index (χ3n) is 4.57. The van der Waals surface area contributed by atoms with Gasteiger partial charge in [0.05, 0.1) is 10.6 Å². The molecule has 138 valence electrons. The van der Waals surface area contributed by atoms with Crippen molar-refractivity contribution in [3.05, 3.63) is 71.5 Å². The van der Waals surface area contributed by atoms with Crippen molar-refractivity contribution in [1.29, 1.82) is 0 Å². The standard InChI is InChI=1S/C19H17ClFN5O/c20-14-4-3-5-15(21)18(14)19(27)26-10-8-25(9-11-26)17-12-16(22-13-23-17)24-6-1-2-7-24/h1-7,12-13H,8-11H2. The Hall–Kier alpha value is -2.93. The Labute approximate surface area is 160 Å². The molecule has 1 amide bonds. The lowest BCUT2D eigenvalue weighted by molar-refractivity contribution is 0.0742. The molecule has 27 heavy (non-hydrogen) atoms. The highest BCUT2D eigenvalue weighted by molar-refractivity contribution is 6.33. The number of amides is 1. The largest absolute Gasteiger partial charge is 0.353 e. The normalized spacial score (nSPS) is 14.4. The molecule has 0 spiro atoms. The Morgan fingerprint density at radius 1 is 1.00 bits per heavy atom. The van der Waals surface area contributed by atoms with Crippen molar-refractivity contribution in [1.82, 2.24) is 19.4 Å². The molecular formula is C19H17ClFN5O. The molecule has 0 unspecified atom stereocenters. The minimum Gasteiger partial charge on any atom is -0.353 e. The summed E-state index contributed by atoms with van der Waals surface area (Å²) in [7, 11) is 0. The van der Waals surface area contributed by atoms with E-state index in [0.29, 0.717) is 26.2 Å². The fraction of sp³-hybridized carbons (Fsp3) is 0.211. The second-order valence-corrected chi connectivity index (χ2v) is 6.61. The summed E-state index contributed by atoms with van der Waals surface area (Å²) in [6, 6.07) is 10.0. The van der Waals surface area contributed by atoms with Crippen LogP contribution in [-0.2, 0) is 0 Å². The summed E-state index contributed by atoms with van der Waals surface area (Å²) in [5, 5.41) is 0.134. The van der Waals surface area contributed by atoms with Gasteiger partial charge in [0.15, 0.2) is 0 Å². The molecule has 6 nitrogen and oxygen atoms in total. The summed E-state index contributed by atoms with van der Waals surface area (Å²) in [5.41, 5.74) is -0.0652. The maximum absolute atomic E-state index is 14.0. The Balaban J connectivity index is 1.47. The van der Waals surface area contributed by atoms with E-state index < -0.39 is 5.82 Å². The summed E-state index contributed by atoms with van der Waals surface area (Å²) in [6.45, 7) is 2.12. The number of hydrogen-bond donors (Lipinski definition) is 0. The molecule has 0 radical (unpaired) electrons. The van der Waals surface area contributed by atoms with Crippen molar-refractivity contribution in [2.24, 2.45) is 0 Å². The van der Waals surface area contributed by atoms with Crippen LogP contribution in [0.2, 0.25) is 5.02 Å². The number of aromatic nitrogens is 3. The first-order valence-electron chi connectivity index (χ1n) is 8.57. The predicted molar refractivity (Wildman–Crippen MR) is 101 cm³/mol. The molecule has 1 aliphatic heterocycles. The third kappa shape index (κ3) is 3.50. The van der Waals surface area contributed by atoms with Crippen LogP contribution in [0.3, 0.4) is 0 Å². The van der Waals surface area contributed by atoms with Crippen LogP contribution in [0.5, 0.6) is 0 Å². The van der Waals surface area contributed by atoms with Gasteiger partial charge in [0.2, 0.25) is 0 Å². The van der Waals surface area contributed by atoms with Crippen LogP contribution in [0.4, 0.5) is 10.2 Å². The topological polar surface area (TPSA) is 54.3 Å². The van der Waals surface area contributed by atoms with E-state index in [1.807, 2.05) is 35.2 Å². The minimum atomic E-state index is -0.595. The maximum atomic E-state index is 14.0. The van der Waals surface area contributed by atoms with Crippen molar-refractivity contribution >= 4 is 23.3 Å². The highest BCUT2D eigenvalue weighted by Gasteiger charge is 2.26. The van der Waals surface area contributed by atoms with Crippen LogP contribution in [-0.4, -0.2) is 51.5 Å². The van der Waals surface area contributed by atoms with Crippen LogP contribution in [0.25, 0.3) is 5.82 Å². The Morgan fingerprint density at radius 3 is 2.41 bits per heavy atom. The number of piperazine rings is 1. The fourth-order valence-corrected chi connectivity index (χ4v) is 3.38. The summed E-state index contributed by atoms with van der Waals surface area (Å²) < 4.78 is 15.9. The molecule has 8 heteroatoms. The fourth-order valence-electron chi connectivity index (χ4n) is 3.14. The molecule has 3 heterocycles. The lowest BCUT2D eigenvalue weighted by Crippen LogP contribution is -2.49. The van der Waals surface area contributed by atoms with E-state index in [4.69, 9.17) is 11.6 Å². The number of carbonyl (C=O) groups is 1. The summed E-state index contributed by atoms with van der Waals surface area (Å²) in [4.78, 5) is 25.0. The number of hydrogen-bond acceptors (Lipinski definition) is 4. The van der Waals surface area contributed by atoms with E-state index in [0.717, 1.165) is 11.6 Å². The highest BCUT2D eigenvalue weighted by atomic mass is 35.5. The number of halogens is 2. The minimum absolute atomic E-state index is 0.0652. The zero-order chi connectivity index (χ0) is 18.8. The second-order valence-electron chi connectivity index (χ2n) is 6.20. The number of anilines is 1. The van der Waals surface area contributed by atoms with Gasteiger partial charge in [-0.1, -0.05) is 17.7 Å². The Morgan fingerprint density at radius 2 is 1.70 bits per heavy atom. The van der Waals surface area contributed by atoms with Gasteiger partial charge in [0.1, 0.15) is 23.8 Å².